The minimum absolute atomic E-state index is 0. The van der Waals surface area contributed by atoms with Crippen LogP contribution in [0.25, 0.3) is 0 Å². The predicted molar refractivity (Wildman–Crippen MR) is 114 cm³/mol. The first-order valence-electron chi connectivity index (χ1n) is 8.41. The third-order valence-electron chi connectivity index (χ3n) is 3.39. The summed E-state index contributed by atoms with van der Waals surface area (Å²) in [4.78, 5) is 8.18. The van der Waals surface area contributed by atoms with Gasteiger partial charge in [0.1, 0.15) is 0 Å². The second-order valence-electron chi connectivity index (χ2n) is 5.77. The van der Waals surface area contributed by atoms with E-state index in [0.717, 1.165) is 25.6 Å². The highest BCUT2D eigenvalue weighted by atomic mass is 127. The van der Waals surface area contributed by atoms with Crippen molar-refractivity contribution in [2.45, 2.75) is 45.6 Å². The van der Waals surface area contributed by atoms with Gasteiger partial charge in [0.2, 0.25) is 0 Å². The summed E-state index contributed by atoms with van der Waals surface area (Å²) in [5, 5.41) is 8.83. The Labute approximate surface area is 163 Å². The molecule has 0 fully saturated rings. The Morgan fingerprint density at radius 1 is 1.13 bits per heavy atom. The number of aliphatic imine (C=N–C) groups is 1. The summed E-state index contributed by atoms with van der Waals surface area (Å²) in [6.07, 6.45) is 6.49. The van der Waals surface area contributed by atoms with Gasteiger partial charge in [-0.05, 0) is 51.9 Å². The molecule has 0 atom stereocenters. The molecule has 1 aromatic heterocycles. The Hall–Kier alpha value is -0.340. The van der Waals surface area contributed by atoms with Crippen LogP contribution < -0.4 is 10.6 Å². The molecule has 0 bridgehead atoms. The standard InChI is InChI=1S/C17H32N4S.HI/c1-4-18-17(20-15-16-11-10-14-22-16)19-12-8-6-5-7-9-13-21(2)3;/h10-11,14H,4-9,12-13,15H2,1-3H3,(H2,18,19,20);1H. The largest absolute Gasteiger partial charge is 0.357 e. The van der Waals surface area contributed by atoms with Crippen molar-refractivity contribution in [3.05, 3.63) is 22.4 Å². The number of nitrogens with zero attached hydrogens (tertiary/aromatic N) is 2. The SMILES string of the molecule is CCNC(=NCc1cccs1)NCCCCCCCN(C)C.I. The molecule has 0 aliphatic heterocycles. The van der Waals surface area contributed by atoms with Crippen molar-refractivity contribution in [2.24, 2.45) is 4.99 Å². The van der Waals surface area contributed by atoms with Crippen LogP contribution in [0.1, 0.15) is 43.9 Å². The number of hydrogen-bond donors (Lipinski definition) is 2. The first-order valence-corrected chi connectivity index (χ1v) is 9.29. The van der Waals surface area contributed by atoms with Gasteiger partial charge in [-0.25, -0.2) is 4.99 Å². The van der Waals surface area contributed by atoms with Crippen molar-refractivity contribution >= 4 is 41.3 Å². The molecule has 0 saturated heterocycles. The summed E-state index contributed by atoms with van der Waals surface area (Å²) in [7, 11) is 4.28. The van der Waals surface area contributed by atoms with E-state index in [2.05, 4.69) is 59.1 Å². The highest BCUT2D eigenvalue weighted by Crippen LogP contribution is 2.09. The average Bonchev–Trinajstić information content (AvgIpc) is 3.00. The smallest absolute Gasteiger partial charge is 0.191 e. The van der Waals surface area contributed by atoms with Gasteiger partial charge >= 0.3 is 0 Å². The Kier molecular flexibility index (Phi) is 15.0. The molecule has 0 amide bonds. The van der Waals surface area contributed by atoms with Crippen LogP contribution in [0, 0.1) is 0 Å². The van der Waals surface area contributed by atoms with Crippen LogP contribution in [0.3, 0.4) is 0 Å². The van der Waals surface area contributed by atoms with Gasteiger partial charge in [0.15, 0.2) is 5.96 Å². The highest BCUT2D eigenvalue weighted by molar-refractivity contribution is 14.0. The third kappa shape index (κ3) is 12.7. The molecule has 0 radical (unpaired) electrons. The second-order valence-corrected chi connectivity index (χ2v) is 6.80. The maximum Gasteiger partial charge on any atom is 0.191 e. The fourth-order valence-electron chi connectivity index (χ4n) is 2.19. The number of rotatable bonds is 11. The predicted octanol–water partition coefficient (Wildman–Crippen LogP) is 3.93. The molecular formula is C17H33IN4S. The Morgan fingerprint density at radius 2 is 1.87 bits per heavy atom. The lowest BCUT2D eigenvalue weighted by atomic mass is 10.1. The van der Waals surface area contributed by atoms with E-state index >= 15 is 0 Å². The molecule has 1 rings (SSSR count). The fraction of sp³-hybridized carbons (Fsp3) is 0.706. The summed E-state index contributed by atoms with van der Waals surface area (Å²) >= 11 is 1.76. The molecule has 0 spiro atoms. The van der Waals surface area contributed by atoms with E-state index < -0.39 is 0 Å². The molecule has 0 saturated carbocycles. The number of unbranched alkanes of at least 4 members (excludes halogenated alkanes) is 4. The molecule has 0 aromatic carbocycles. The van der Waals surface area contributed by atoms with Gasteiger partial charge in [-0.1, -0.05) is 25.3 Å². The van der Waals surface area contributed by atoms with E-state index in [1.807, 2.05) is 0 Å². The third-order valence-corrected chi connectivity index (χ3v) is 4.25. The second kappa shape index (κ2) is 15.2. The molecular weight excluding hydrogens is 419 g/mol. The zero-order chi connectivity index (χ0) is 16.0. The van der Waals surface area contributed by atoms with Crippen molar-refractivity contribution in [1.82, 2.24) is 15.5 Å². The molecule has 23 heavy (non-hydrogen) atoms. The van der Waals surface area contributed by atoms with Crippen molar-refractivity contribution in [3.8, 4) is 0 Å². The van der Waals surface area contributed by atoms with Gasteiger partial charge in [0.25, 0.3) is 0 Å². The summed E-state index contributed by atoms with van der Waals surface area (Å²) < 4.78 is 0. The lowest BCUT2D eigenvalue weighted by Crippen LogP contribution is -2.37. The van der Waals surface area contributed by atoms with Gasteiger partial charge in [-0.15, -0.1) is 35.3 Å². The van der Waals surface area contributed by atoms with Crippen LogP contribution in [-0.4, -0.2) is 44.6 Å². The minimum atomic E-state index is 0. The van der Waals surface area contributed by atoms with Gasteiger partial charge in [0, 0.05) is 18.0 Å². The summed E-state index contributed by atoms with van der Waals surface area (Å²) in [6.45, 7) is 5.98. The van der Waals surface area contributed by atoms with Gasteiger partial charge in [-0.3, -0.25) is 0 Å². The van der Waals surface area contributed by atoms with E-state index in [1.54, 1.807) is 11.3 Å². The van der Waals surface area contributed by atoms with Crippen molar-refractivity contribution in [3.63, 3.8) is 0 Å². The van der Waals surface area contributed by atoms with Crippen LogP contribution in [0.4, 0.5) is 0 Å². The number of thiophene rings is 1. The molecule has 0 unspecified atom stereocenters. The van der Waals surface area contributed by atoms with Gasteiger partial charge in [0.05, 0.1) is 6.54 Å². The van der Waals surface area contributed by atoms with E-state index in [0.29, 0.717) is 0 Å². The van der Waals surface area contributed by atoms with Crippen LogP contribution in [0.5, 0.6) is 0 Å². The van der Waals surface area contributed by atoms with Gasteiger partial charge < -0.3 is 15.5 Å². The number of guanidine groups is 1. The number of hydrogen-bond acceptors (Lipinski definition) is 3. The topological polar surface area (TPSA) is 39.7 Å². The summed E-state index contributed by atoms with van der Waals surface area (Å²) in [6, 6.07) is 4.21. The van der Waals surface area contributed by atoms with Crippen LogP contribution >= 0.6 is 35.3 Å². The lowest BCUT2D eigenvalue weighted by Gasteiger charge is -2.11. The maximum absolute atomic E-state index is 4.62. The monoisotopic (exact) mass is 452 g/mol. The molecule has 2 N–H and O–H groups in total. The maximum atomic E-state index is 4.62. The number of nitrogens with one attached hydrogen (secondary N) is 2. The fourth-order valence-corrected chi connectivity index (χ4v) is 2.82. The van der Waals surface area contributed by atoms with E-state index in [9.17, 15) is 0 Å². The lowest BCUT2D eigenvalue weighted by molar-refractivity contribution is 0.389. The molecule has 4 nitrogen and oxygen atoms in total. The normalized spacial score (nSPS) is 11.4. The average molecular weight is 452 g/mol. The first kappa shape index (κ1) is 22.7. The zero-order valence-corrected chi connectivity index (χ0v) is 18.0. The van der Waals surface area contributed by atoms with Crippen molar-refractivity contribution in [1.29, 1.82) is 0 Å². The highest BCUT2D eigenvalue weighted by Gasteiger charge is 1.98. The zero-order valence-electron chi connectivity index (χ0n) is 14.8. The molecule has 1 heterocycles. The first-order chi connectivity index (χ1) is 10.7. The van der Waals surface area contributed by atoms with Crippen molar-refractivity contribution in [2.75, 3.05) is 33.7 Å². The molecule has 6 heteroatoms. The Balaban J connectivity index is 0.00000484. The van der Waals surface area contributed by atoms with E-state index in [4.69, 9.17) is 0 Å². The van der Waals surface area contributed by atoms with Crippen molar-refractivity contribution < 1.29 is 0 Å². The van der Waals surface area contributed by atoms with E-state index in [1.165, 1.54) is 43.5 Å². The quantitative estimate of drug-likeness (QED) is 0.231. The molecule has 1 aromatic rings. The van der Waals surface area contributed by atoms with Gasteiger partial charge in [-0.2, -0.15) is 0 Å². The number of halogens is 1. The van der Waals surface area contributed by atoms with Crippen LogP contribution in [0.15, 0.2) is 22.5 Å². The molecule has 0 aliphatic carbocycles. The van der Waals surface area contributed by atoms with Crippen LogP contribution in [0.2, 0.25) is 0 Å². The molecule has 0 aliphatic rings. The minimum Gasteiger partial charge on any atom is -0.357 e. The summed E-state index contributed by atoms with van der Waals surface area (Å²) in [5.41, 5.74) is 0. The summed E-state index contributed by atoms with van der Waals surface area (Å²) in [5.74, 6) is 0.934. The Morgan fingerprint density at radius 3 is 2.52 bits per heavy atom. The Bertz CT molecular complexity index is 393. The van der Waals surface area contributed by atoms with E-state index in [-0.39, 0.29) is 24.0 Å². The molecule has 134 valence electrons. The van der Waals surface area contributed by atoms with Crippen LogP contribution in [-0.2, 0) is 6.54 Å².